The number of carbonyl (C=O) groups excluding carboxylic acids is 1. The van der Waals surface area contributed by atoms with Gasteiger partial charge in [0.1, 0.15) is 0 Å². The molecule has 1 heterocycles. The van der Waals surface area contributed by atoms with E-state index in [1.165, 1.54) is 0 Å². The van der Waals surface area contributed by atoms with Gasteiger partial charge in [-0.1, -0.05) is 20.8 Å². The molecule has 100 valence electrons. The number of hydrogen-bond acceptors (Lipinski definition) is 2. The predicted molar refractivity (Wildman–Crippen MR) is 72.0 cm³/mol. The summed E-state index contributed by atoms with van der Waals surface area (Å²) in [7, 11) is 0. The summed E-state index contributed by atoms with van der Waals surface area (Å²) in [5, 5.41) is 0. The fraction of sp³-hybridized carbons (Fsp3) is 0.929. The van der Waals surface area contributed by atoms with E-state index < -0.39 is 0 Å². The Labute approximate surface area is 106 Å². The number of nitrogens with zero attached hydrogens (tertiary/aromatic N) is 2. The van der Waals surface area contributed by atoms with Crippen molar-refractivity contribution in [2.24, 2.45) is 5.41 Å². The van der Waals surface area contributed by atoms with Gasteiger partial charge in [-0.2, -0.15) is 0 Å². The minimum atomic E-state index is -0.260. The first-order valence-corrected chi connectivity index (χ1v) is 6.59. The van der Waals surface area contributed by atoms with Crippen LogP contribution in [0.2, 0.25) is 0 Å². The first-order chi connectivity index (χ1) is 7.53. The maximum Gasteiger partial charge on any atom is 0.228 e. The molecule has 0 aromatic rings. The predicted octanol–water partition coefficient (Wildman–Crippen LogP) is 2.36. The average molecular weight is 240 g/mol. The Morgan fingerprint density at radius 2 is 1.59 bits per heavy atom. The Morgan fingerprint density at radius 3 is 1.94 bits per heavy atom. The van der Waals surface area contributed by atoms with Crippen LogP contribution in [-0.2, 0) is 4.79 Å². The first-order valence-electron chi connectivity index (χ1n) is 6.59. The van der Waals surface area contributed by atoms with Crippen molar-refractivity contribution in [3.8, 4) is 0 Å². The number of piperazine rings is 1. The van der Waals surface area contributed by atoms with Gasteiger partial charge < -0.3 is 4.90 Å². The van der Waals surface area contributed by atoms with Gasteiger partial charge in [0.15, 0.2) is 0 Å². The third-order valence-electron chi connectivity index (χ3n) is 3.42. The molecular weight excluding hydrogens is 212 g/mol. The van der Waals surface area contributed by atoms with Crippen LogP contribution in [0.15, 0.2) is 0 Å². The van der Waals surface area contributed by atoms with Gasteiger partial charge in [-0.3, -0.25) is 9.69 Å². The van der Waals surface area contributed by atoms with Crippen LogP contribution in [0.3, 0.4) is 0 Å². The summed E-state index contributed by atoms with van der Waals surface area (Å²) in [6.45, 7) is 17.6. The lowest BCUT2D eigenvalue weighted by molar-refractivity contribution is -0.143. The van der Waals surface area contributed by atoms with Crippen molar-refractivity contribution in [2.75, 3.05) is 19.6 Å². The van der Waals surface area contributed by atoms with Crippen molar-refractivity contribution in [1.82, 2.24) is 9.80 Å². The summed E-state index contributed by atoms with van der Waals surface area (Å²) in [5.41, 5.74) is -0.0695. The van der Waals surface area contributed by atoms with Crippen LogP contribution in [0.4, 0.5) is 0 Å². The molecule has 1 atom stereocenters. The molecule has 0 saturated carbocycles. The SMILES string of the molecule is CC1CN(C(=O)C(C)(C)C)CCN1C(C)(C)C. The molecule has 1 aliphatic heterocycles. The second-order valence-electron chi connectivity index (χ2n) is 7.21. The Kier molecular flexibility index (Phi) is 3.92. The van der Waals surface area contributed by atoms with Crippen molar-refractivity contribution in [2.45, 2.75) is 60.0 Å². The van der Waals surface area contributed by atoms with Gasteiger partial charge in [0.25, 0.3) is 0 Å². The van der Waals surface area contributed by atoms with Gasteiger partial charge in [0.05, 0.1) is 0 Å². The second kappa shape index (κ2) is 4.60. The van der Waals surface area contributed by atoms with Gasteiger partial charge in [0, 0.05) is 36.6 Å². The highest BCUT2D eigenvalue weighted by Gasteiger charge is 2.35. The third-order valence-corrected chi connectivity index (χ3v) is 3.42. The van der Waals surface area contributed by atoms with E-state index in [0.29, 0.717) is 6.04 Å². The lowest BCUT2D eigenvalue weighted by atomic mass is 9.93. The quantitative estimate of drug-likeness (QED) is 0.649. The topological polar surface area (TPSA) is 23.6 Å². The molecular formula is C14H28N2O. The zero-order valence-electron chi connectivity index (χ0n) is 12.5. The molecule has 1 amide bonds. The van der Waals surface area contributed by atoms with Gasteiger partial charge in [-0.05, 0) is 27.7 Å². The van der Waals surface area contributed by atoms with E-state index in [2.05, 4.69) is 32.6 Å². The molecule has 0 N–H and O–H groups in total. The largest absolute Gasteiger partial charge is 0.339 e. The Hall–Kier alpha value is -0.570. The zero-order chi connectivity index (χ0) is 13.4. The molecule has 1 saturated heterocycles. The molecule has 0 radical (unpaired) electrons. The van der Waals surface area contributed by atoms with Gasteiger partial charge in [-0.15, -0.1) is 0 Å². The van der Waals surface area contributed by atoms with Crippen LogP contribution in [0.1, 0.15) is 48.5 Å². The maximum atomic E-state index is 12.2. The van der Waals surface area contributed by atoms with E-state index in [-0.39, 0.29) is 16.9 Å². The summed E-state index contributed by atoms with van der Waals surface area (Å²) in [6.07, 6.45) is 0. The molecule has 17 heavy (non-hydrogen) atoms. The average Bonchev–Trinajstić information content (AvgIpc) is 2.12. The van der Waals surface area contributed by atoms with E-state index in [1.54, 1.807) is 0 Å². The van der Waals surface area contributed by atoms with Crippen molar-refractivity contribution < 1.29 is 4.79 Å². The summed E-state index contributed by atoms with van der Waals surface area (Å²) < 4.78 is 0. The molecule has 3 heteroatoms. The Morgan fingerprint density at radius 1 is 1.06 bits per heavy atom. The highest BCUT2D eigenvalue weighted by Crippen LogP contribution is 2.24. The number of hydrogen-bond donors (Lipinski definition) is 0. The molecule has 0 spiro atoms. The molecule has 0 aliphatic carbocycles. The van der Waals surface area contributed by atoms with Gasteiger partial charge in [-0.25, -0.2) is 0 Å². The standard InChI is InChI=1S/C14H28N2O/c1-11-10-15(12(17)13(2,3)4)8-9-16(11)14(5,6)7/h11H,8-10H2,1-7H3. The summed E-state index contributed by atoms with van der Waals surface area (Å²) >= 11 is 0. The second-order valence-corrected chi connectivity index (χ2v) is 7.21. The van der Waals surface area contributed by atoms with Crippen LogP contribution in [0, 0.1) is 5.41 Å². The van der Waals surface area contributed by atoms with Gasteiger partial charge in [0.2, 0.25) is 5.91 Å². The molecule has 1 fully saturated rings. The molecule has 0 aromatic heterocycles. The normalized spacial score (nSPS) is 23.9. The Bertz CT molecular complexity index is 286. The number of rotatable bonds is 0. The van der Waals surface area contributed by atoms with Crippen molar-refractivity contribution in [1.29, 1.82) is 0 Å². The van der Waals surface area contributed by atoms with E-state index in [0.717, 1.165) is 19.6 Å². The maximum absolute atomic E-state index is 12.2. The Balaban J connectivity index is 2.68. The minimum absolute atomic E-state index is 0.191. The molecule has 1 unspecified atom stereocenters. The monoisotopic (exact) mass is 240 g/mol. The fourth-order valence-corrected chi connectivity index (χ4v) is 2.61. The fourth-order valence-electron chi connectivity index (χ4n) is 2.61. The van der Waals surface area contributed by atoms with Crippen LogP contribution in [0.25, 0.3) is 0 Å². The van der Waals surface area contributed by atoms with Crippen molar-refractivity contribution in [3.63, 3.8) is 0 Å². The highest BCUT2D eigenvalue weighted by atomic mass is 16.2. The zero-order valence-corrected chi connectivity index (χ0v) is 12.5. The molecule has 0 aromatic carbocycles. The molecule has 1 rings (SSSR count). The lowest BCUT2D eigenvalue weighted by Crippen LogP contribution is -2.60. The molecule has 3 nitrogen and oxygen atoms in total. The van der Waals surface area contributed by atoms with Crippen molar-refractivity contribution in [3.05, 3.63) is 0 Å². The van der Waals surface area contributed by atoms with E-state index in [1.807, 2.05) is 25.7 Å². The first kappa shape index (κ1) is 14.5. The smallest absolute Gasteiger partial charge is 0.228 e. The van der Waals surface area contributed by atoms with E-state index >= 15 is 0 Å². The highest BCUT2D eigenvalue weighted by molar-refractivity contribution is 5.81. The van der Waals surface area contributed by atoms with E-state index in [4.69, 9.17) is 0 Å². The molecule has 0 bridgehead atoms. The van der Waals surface area contributed by atoms with Crippen LogP contribution >= 0.6 is 0 Å². The van der Waals surface area contributed by atoms with Crippen LogP contribution in [0.5, 0.6) is 0 Å². The summed E-state index contributed by atoms with van der Waals surface area (Å²) in [5.74, 6) is 0.276. The minimum Gasteiger partial charge on any atom is -0.339 e. The lowest BCUT2D eigenvalue weighted by Gasteiger charge is -2.47. The summed E-state index contributed by atoms with van der Waals surface area (Å²) in [4.78, 5) is 16.7. The van der Waals surface area contributed by atoms with Gasteiger partial charge >= 0.3 is 0 Å². The van der Waals surface area contributed by atoms with Crippen LogP contribution < -0.4 is 0 Å². The third kappa shape index (κ3) is 3.44. The number of carbonyl (C=O) groups is 1. The molecule has 1 aliphatic rings. The van der Waals surface area contributed by atoms with Crippen molar-refractivity contribution >= 4 is 5.91 Å². The summed E-state index contributed by atoms with van der Waals surface area (Å²) in [6, 6.07) is 0.440. The van der Waals surface area contributed by atoms with Crippen LogP contribution in [-0.4, -0.2) is 46.9 Å². The number of amides is 1. The van der Waals surface area contributed by atoms with E-state index in [9.17, 15) is 4.79 Å².